The molecule has 3 rings (SSSR count). The summed E-state index contributed by atoms with van der Waals surface area (Å²) in [6.07, 6.45) is 0. The zero-order valence-electron chi connectivity index (χ0n) is 14.9. The third-order valence-corrected chi connectivity index (χ3v) is 6.27. The van der Waals surface area contributed by atoms with Gasteiger partial charge in [0.05, 0.1) is 6.04 Å². The third-order valence-electron chi connectivity index (χ3n) is 4.41. The van der Waals surface area contributed by atoms with Gasteiger partial charge in [0.15, 0.2) is 0 Å². The molecule has 3 aromatic rings. The minimum absolute atomic E-state index is 0.390. The predicted octanol–water partition coefficient (Wildman–Crippen LogP) is 4.68. The summed E-state index contributed by atoms with van der Waals surface area (Å²) in [7, 11) is -2.73. The number of rotatable bonds is 5. The zero-order valence-corrected chi connectivity index (χ0v) is 15.7. The van der Waals surface area contributed by atoms with Crippen molar-refractivity contribution in [1.82, 2.24) is 4.31 Å². The van der Waals surface area contributed by atoms with Crippen LogP contribution in [-0.4, -0.2) is 19.8 Å². The van der Waals surface area contributed by atoms with E-state index in [2.05, 4.69) is 0 Å². The number of halogens is 2. The molecule has 0 saturated carbocycles. The molecule has 0 heterocycles. The second kappa shape index (κ2) is 7.58. The largest absolute Gasteiger partial charge is 0.246 e. The highest BCUT2D eigenvalue weighted by molar-refractivity contribution is 7.89. The molecule has 0 fully saturated rings. The number of hydrogen-bond donors (Lipinski definition) is 0. The minimum atomic E-state index is -4.13. The fraction of sp³-hybridized carbons (Fsp3) is 0.143. The highest BCUT2D eigenvalue weighted by atomic mass is 32.2. The number of benzene rings is 3. The summed E-state index contributed by atoms with van der Waals surface area (Å²) < 4.78 is 55.1. The average molecular weight is 387 g/mol. The van der Waals surface area contributed by atoms with Gasteiger partial charge < -0.3 is 0 Å². The Balaban J connectivity index is 2.12. The molecule has 0 radical (unpaired) electrons. The van der Waals surface area contributed by atoms with Gasteiger partial charge in [-0.1, -0.05) is 48.5 Å². The Labute approximate surface area is 157 Å². The van der Waals surface area contributed by atoms with Crippen molar-refractivity contribution in [3.63, 3.8) is 0 Å². The van der Waals surface area contributed by atoms with E-state index in [0.29, 0.717) is 16.7 Å². The second-order valence-corrected chi connectivity index (χ2v) is 8.29. The Hall–Kier alpha value is -2.57. The molecule has 1 unspecified atom stereocenters. The lowest BCUT2D eigenvalue weighted by Gasteiger charge is -2.28. The lowest BCUT2D eigenvalue weighted by atomic mass is 9.99. The third kappa shape index (κ3) is 3.91. The van der Waals surface area contributed by atoms with Crippen LogP contribution in [0.15, 0.2) is 77.7 Å². The molecule has 140 valence electrons. The molecule has 0 amide bonds. The predicted molar refractivity (Wildman–Crippen MR) is 101 cm³/mol. The first-order valence-electron chi connectivity index (χ1n) is 8.35. The van der Waals surface area contributed by atoms with Crippen LogP contribution < -0.4 is 0 Å². The van der Waals surface area contributed by atoms with Gasteiger partial charge in [0, 0.05) is 7.05 Å². The maximum Gasteiger partial charge on any atom is 0.246 e. The number of sulfonamides is 1. The normalized spacial score (nSPS) is 12.9. The number of hydrogen-bond acceptors (Lipinski definition) is 2. The van der Waals surface area contributed by atoms with E-state index in [-0.39, 0.29) is 0 Å². The molecule has 0 aromatic heterocycles. The van der Waals surface area contributed by atoms with Gasteiger partial charge in [0.2, 0.25) is 10.0 Å². The summed E-state index contributed by atoms with van der Waals surface area (Å²) in [5.41, 5.74) is 1.91. The molecule has 0 aliphatic carbocycles. The van der Waals surface area contributed by atoms with Crippen molar-refractivity contribution in [3.8, 4) is 0 Å². The molecule has 0 N–H and O–H groups in total. The van der Waals surface area contributed by atoms with Gasteiger partial charge in [-0.05, 0) is 47.9 Å². The summed E-state index contributed by atoms with van der Waals surface area (Å²) in [6, 6.07) is 17.9. The Morgan fingerprint density at radius 2 is 1.44 bits per heavy atom. The lowest BCUT2D eigenvalue weighted by Crippen LogP contribution is -2.32. The first-order chi connectivity index (χ1) is 12.8. The van der Waals surface area contributed by atoms with Crippen LogP contribution in [0.5, 0.6) is 0 Å². The van der Waals surface area contributed by atoms with E-state index in [9.17, 15) is 17.2 Å². The van der Waals surface area contributed by atoms with Crippen LogP contribution >= 0.6 is 0 Å². The molecular formula is C21H19F2NO2S. The molecule has 0 saturated heterocycles. The summed E-state index contributed by atoms with van der Waals surface area (Å²) in [5.74, 6) is -1.21. The van der Waals surface area contributed by atoms with E-state index in [4.69, 9.17) is 0 Å². The van der Waals surface area contributed by atoms with Gasteiger partial charge >= 0.3 is 0 Å². The number of nitrogens with zero attached hydrogens (tertiary/aromatic N) is 1. The van der Waals surface area contributed by atoms with Gasteiger partial charge in [-0.15, -0.1) is 0 Å². The summed E-state index contributed by atoms with van der Waals surface area (Å²) in [6.45, 7) is 1.69. The molecule has 3 nitrogen and oxygen atoms in total. The van der Waals surface area contributed by atoms with E-state index in [1.54, 1.807) is 37.3 Å². The van der Waals surface area contributed by atoms with E-state index in [1.807, 2.05) is 6.07 Å². The average Bonchev–Trinajstić information content (AvgIpc) is 2.64. The van der Waals surface area contributed by atoms with Crippen LogP contribution in [0.3, 0.4) is 0 Å². The van der Waals surface area contributed by atoms with Crippen molar-refractivity contribution >= 4 is 10.0 Å². The van der Waals surface area contributed by atoms with Crippen LogP contribution in [0.4, 0.5) is 8.78 Å². The van der Waals surface area contributed by atoms with Gasteiger partial charge in [0.1, 0.15) is 16.5 Å². The lowest BCUT2D eigenvalue weighted by molar-refractivity contribution is 0.413. The van der Waals surface area contributed by atoms with Crippen molar-refractivity contribution in [2.75, 3.05) is 7.05 Å². The van der Waals surface area contributed by atoms with Crippen LogP contribution in [0.1, 0.15) is 22.7 Å². The maximum absolute atomic E-state index is 14.4. The standard InChI is InChI=1S/C21H19F2NO2S/c1-15-8-13-20(19(23)14-15)27(25,26)24(2)21(16-6-4-3-5-7-16)17-9-11-18(22)12-10-17/h3-14,21H,1-2H3. The molecule has 3 aromatic carbocycles. The Kier molecular flexibility index (Phi) is 5.39. The quantitative estimate of drug-likeness (QED) is 0.637. The highest BCUT2D eigenvalue weighted by Crippen LogP contribution is 2.33. The summed E-state index contributed by atoms with van der Waals surface area (Å²) in [5, 5.41) is 0. The Morgan fingerprint density at radius 3 is 2.04 bits per heavy atom. The van der Waals surface area contributed by atoms with Gasteiger partial charge in [-0.25, -0.2) is 17.2 Å². The Bertz CT molecular complexity index is 1040. The van der Waals surface area contributed by atoms with Crippen molar-refractivity contribution in [2.24, 2.45) is 0 Å². The van der Waals surface area contributed by atoms with Crippen molar-refractivity contribution in [1.29, 1.82) is 0 Å². The van der Waals surface area contributed by atoms with Crippen LogP contribution in [0.2, 0.25) is 0 Å². The maximum atomic E-state index is 14.4. The molecule has 6 heteroatoms. The number of aryl methyl sites for hydroxylation is 1. The van der Waals surface area contributed by atoms with E-state index >= 15 is 0 Å². The van der Waals surface area contributed by atoms with Crippen LogP contribution in [-0.2, 0) is 10.0 Å². The summed E-state index contributed by atoms with van der Waals surface area (Å²) >= 11 is 0. The van der Waals surface area contributed by atoms with E-state index in [0.717, 1.165) is 4.31 Å². The molecule has 0 aliphatic rings. The van der Waals surface area contributed by atoms with Crippen LogP contribution in [0.25, 0.3) is 0 Å². The molecule has 0 spiro atoms. The topological polar surface area (TPSA) is 37.4 Å². The van der Waals surface area contributed by atoms with Crippen molar-refractivity contribution in [2.45, 2.75) is 17.9 Å². The molecule has 0 bridgehead atoms. The van der Waals surface area contributed by atoms with Crippen molar-refractivity contribution in [3.05, 3.63) is 101 Å². The fourth-order valence-corrected chi connectivity index (χ4v) is 4.38. The van der Waals surface area contributed by atoms with E-state index in [1.165, 1.54) is 43.4 Å². The molecule has 27 heavy (non-hydrogen) atoms. The summed E-state index contributed by atoms with van der Waals surface area (Å²) in [4.78, 5) is -0.390. The smallest absolute Gasteiger partial charge is 0.207 e. The SMILES string of the molecule is Cc1ccc(S(=O)(=O)N(C)C(c2ccccc2)c2ccc(F)cc2)c(F)c1. The Morgan fingerprint density at radius 1 is 0.852 bits per heavy atom. The highest BCUT2D eigenvalue weighted by Gasteiger charge is 2.32. The minimum Gasteiger partial charge on any atom is -0.207 e. The second-order valence-electron chi connectivity index (χ2n) is 6.32. The fourth-order valence-electron chi connectivity index (χ4n) is 3.00. The first kappa shape index (κ1) is 19.2. The first-order valence-corrected chi connectivity index (χ1v) is 9.79. The monoisotopic (exact) mass is 387 g/mol. The van der Waals surface area contributed by atoms with E-state index < -0.39 is 32.6 Å². The van der Waals surface area contributed by atoms with Crippen molar-refractivity contribution < 1.29 is 17.2 Å². The zero-order chi connectivity index (χ0) is 19.6. The van der Waals surface area contributed by atoms with Gasteiger partial charge in [-0.3, -0.25) is 0 Å². The van der Waals surface area contributed by atoms with Gasteiger partial charge in [-0.2, -0.15) is 4.31 Å². The molecule has 0 aliphatic heterocycles. The molecule has 1 atom stereocenters. The van der Waals surface area contributed by atoms with Crippen LogP contribution in [0, 0.1) is 18.6 Å². The van der Waals surface area contributed by atoms with Gasteiger partial charge in [0.25, 0.3) is 0 Å². The molecular weight excluding hydrogens is 368 g/mol.